The molecule has 6 saturated carbocycles. The van der Waals surface area contributed by atoms with Crippen molar-refractivity contribution in [3.05, 3.63) is 24.1 Å². The number of nitrogens with one attached hydrogen (secondary N) is 2. The number of anilines is 2. The Bertz CT molecular complexity index is 5260. The van der Waals surface area contributed by atoms with Gasteiger partial charge in [0.25, 0.3) is 9.24 Å². The highest BCUT2D eigenvalue weighted by Crippen LogP contribution is 2.39. The van der Waals surface area contributed by atoms with Crippen LogP contribution in [0.1, 0.15) is 156 Å². The zero-order valence-electron chi connectivity index (χ0n) is 59.6. The fourth-order valence-corrected chi connectivity index (χ4v) is 58.7. The summed E-state index contributed by atoms with van der Waals surface area (Å²) in [5.74, 6) is 7.91. The third kappa shape index (κ3) is 40.7. The molecule has 0 amide bonds. The van der Waals surface area contributed by atoms with Gasteiger partial charge in [-0.1, -0.05) is 71.7 Å². The molecule has 16 N–H and O–H groups in total. The highest BCUT2D eigenvalue weighted by atomic mass is 35.7. The van der Waals surface area contributed by atoms with Crippen LogP contribution in [0.4, 0.5) is 11.6 Å². The lowest BCUT2D eigenvalue weighted by Crippen LogP contribution is -2.24. The van der Waals surface area contributed by atoms with E-state index < -0.39 is 37.9 Å². The first-order valence-corrected chi connectivity index (χ1v) is 63.5. The molecule has 9 atom stereocenters. The maximum absolute atomic E-state index is 11.0. The quantitative estimate of drug-likeness (QED) is 0.0474. The van der Waals surface area contributed by atoms with Crippen LogP contribution in [0.3, 0.4) is 0 Å². The topological polar surface area (TPSA) is 533 Å². The zero-order chi connectivity index (χ0) is 81.4. The van der Waals surface area contributed by atoms with Crippen molar-refractivity contribution < 1.29 is 48.0 Å². The maximum atomic E-state index is 11.0. The van der Waals surface area contributed by atoms with Gasteiger partial charge in [0.1, 0.15) is 19.0 Å². The molecule has 628 valence electrons. The van der Waals surface area contributed by atoms with Crippen molar-refractivity contribution in [3.63, 3.8) is 0 Å². The number of terminal acetylenes is 1. The third-order valence-electron chi connectivity index (χ3n) is 16.1. The van der Waals surface area contributed by atoms with Crippen molar-refractivity contribution in [1.82, 2.24) is 81.0 Å². The highest BCUT2D eigenvalue weighted by Gasteiger charge is 2.39. The van der Waals surface area contributed by atoms with E-state index in [-0.39, 0.29) is 68.4 Å². The summed E-state index contributed by atoms with van der Waals surface area (Å²) in [6.45, 7) is 4.38. The molecule has 0 aromatic carbocycles. The average Bonchev–Trinajstić information content (AvgIpc) is 1.65. The van der Waals surface area contributed by atoms with Gasteiger partial charge in [0, 0.05) is 266 Å². The highest BCUT2D eigenvalue weighted by molar-refractivity contribution is 8.78. The first-order valence-electron chi connectivity index (χ1n) is 32.6. The van der Waals surface area contributed by atoms with Gasteiger partial charge in [-0.25, -0.2) is 54.2 Å². The Morgan fingerprint density at radius 2 is 0.857 bits per heavy atom. The van der Waals surface area contributed by atoms with Crippen molar-refractivity contribution in [3.8, 4) is 36.3 Å². The summed E-state index contributed by atoms with van der Waals surface area (Å²) in [4.78, 5) is 25.3. The smallest absolute Gasteiger partial charge is 0.333 e. The summed E-state index contributed by atoms with van der Waals surface area (Å²) >= 11 is 15.4. The van der Waals surface area contributed by atoms with E-state index in [0.29, 0.717) is 96.0 Å². The van der Waals surface area contributed by atoms with Gasteiger partial charge >= 0.3 is 10.3 Å². The van der Waals surface area contributed by atoms with Crippen molar-refractivity contribution in [2.24, 2.45) is 33.8 Å². The lowest BCUT2D eigenvalue weighted by atomic mass is 10.1. The molecule has 6 fully saturated rings. The lowest BCUT2D eigenvalue weighted by Gasteiger charge is -2.13. The van der Waals surface area contributed by atoms with Crippen LogP contribution in [0.2, 0.25) is 5.15 Å². The number of fused-ring (bicyclic) bond motifs is 3. The molecule has 9 unspecified atom stereocenters. The first kappa shape index (κ1) is 104. The van der Waals surface area contributed by atoms with Gasteiger partial charge in [-0.15, -0.1) is 21.7 Å². The molecule has 6 aliphatic rings. The van der Waals surface area contributed by atoms with E-state index in [0.717, 1.165) is 31.5 Å². The number of aliphatic hydroxyl groups excluding tert-OH is 5. The summed E-state index contributed by atoms with van der Waals surface area (Å²) < 4.78 is 50.1. The molecule has 6 heterocycles. The number of hydrogen-bond donors (Lipinski definition) is 11. The molecule has 0 spiro atoms. The van der Waals surface area contributed by atoms with E-state index >= 15 is 0 Å². The summed E-state index contributed by atoms with van der Waals surface area (Å²) in [7, 11) is 29.2. The fourth-order valence-electron chi connectivity index (χ4n) is 11.5. The molecule has 33 nitrogen and oxygen atoms in total. The number of nitrogens with two attached hydrogens (primary N) is 3. The molecular formula is C54H85Cl2N23O10S23. The molecule has 112 heavy (non-hydrogen) atoms. The van der Waals surface area contributed by atoms with Crippen LogP contribution >= 0.6 is 22.3 Å². The van der Waals surface area contributed by atoms with E-state index in [1.165, 1.54) is 102 Å². The van der Waals surface area contributed by atoms with Gasteiger partial charge in [0.2, 0.25) is 0 Å². The molecule has 12 rings (SSSR count). The minimum absolute atomic E-state index is 0. The van der Waals surface area contributed by atoms with E-state index in [4.69, 9.17) is 66.9 Å². The number of nitriles is 2. The SMILES string of the molecule is C#CC#CC.CC#N.CC#N.N.NC1CCCC1.NS(=O)(=O)Cl.NS(=O)(=O)OCC1CC(n2nnc3c(NC4CCCC4)ncnc32)CC1O.OCC1CC(n2nnc3c(Cl)ncnc32)CC1O.OCC1CC(n2nnc3c(NC4CCCC4)ncnc32)CC1O.S=S=S=S=S=S=S=S=S=S=S=S=S=S=S=S=S=S=S=S=S.[HH]. The number of halogens is 2. The molecule has 0 radical (unpaired) electrons. The molecule has 0 saturated heterocycles. The lowest BCUT2D eigenvalue weighted by molar-refractivity contribution is 0.0901. The average molecular weight is 2020 g/mol. The number of aromatic nitrogens is 15. The van der Waals surface area contributed by atoms with Gasteiger partial charge < -0.3 is 48.1 Å². The standard InChI is InChI=1S/C15H23N7O4S.C15H22N6O2.C10H12ClN5O2.C5H11N.C5H4.2C2H3N.ClH2NO2S.H3N.S21.H2/c16-27(24,25)26-7-9-5-11(6-12(9)23)22-15-13(20-21-22)14(17-8-18-15)19-10-3-1-2-4-10;22-7-9-5-11(6-12(9)23)21-15-13(19-20-21)14(16-8-17-15)18-10-3-1-2-4-10;11-9-8-10(13-4-12-9)16(15-14-8)6-1-5(3-17)7(18)2-6;6-5-3-1-2-4-5;1-3-5-4-2;2*1-2-3;1-5(2,3)4;;1-3-5-7-9-11-13-15-17-19-21-20-18-16-14-12-10-8-6-4-2;/h8-12,23H,1-7H2,(H2,16,24,25)(H,17,18,19);8-12,22-23H,1-7H2,(H,16,17,18);4-7,17-18H,1-3H2;5H,1-4,6H2;1H,2H3;2*1H3;(H2,2,3,4);1H3;;1H. The Morgan fingerprint density at radius 1 is 0.554 bits per heavy atom. The van der Waals surface area contributed by atoms with Crippen molar-refractivity contribution in [2.45, 2.75) is 191 Å². The minimum Gasteiger partial charge on any atom is -0.396 e. The molecule has 58 heteroatoms. The van der Waals surface area contributed by atoms with Crippen LogP contribution in [0, 0.1) is 64.6 Å². The van der Waals surface area contributed by atoms with Gasteiger partial charge in [0.05, 0.1) is 55.2 Å². The van der Waals surface area contributed by atoms with Gasteiger partial charge in [-0.3, -0.25) is 4.18 Å². The Hall–Kier alpha value is -2.16. The number of nitrogens with zero attached hydrogens (tertiary/aromatic N) is 17. The molecule has 0 aliphatic heterocycles. The third-order valence-corrected chi connectivity index (χ3v) is 56.8. The zero-order valence-corrected chi connectivity index (χ0v) is 79.8. The monoisotopic (exact) mass is 2020 g/mol. The minimum atomic E-state index is -4.03. The van der Waals surface area contributed by atoms with Crippen molar-refractivity contribution in [1.29, 1.82) is 10.5 Å². The van der Waals surface area contributed by atoms with Gasteiger partial charge in [-0.05, 0) is 95.8 Å². The van der Waals surface area contributed by atoms with Crippen LogP contribution in [0.15, 0.2) is 19.0 Å². The molecule has 6 aromatic rings. The second-order valence-electron chi connectivity index (χ2n) is 23.3. The summed E-state index contributed by atoms with van der Waals surface area (Å²) in [6, 6.07) is 4.72. The molecule has 0 bridgehead atoms. The van der Waals surface area contributed by atoms with Gasteiger partial charge in [0.15, 0.2) is 50.3 Å². The summed E-state index contributed by atoms with van der Waals surface area (Å²) in [5, 5.41) is 104. The van der Waals surface area contributed by atoms with E-state index in [1.54, 1.807) is 184 Å². The van der Waals surface area contributed by atoms with Gasteiger partial charge in [-0.2, -0.15) is 27.4 Å². The van der Waals surface area contributed by atoms with Crippen LogP contribution < -0.4 is 32.8 Å². The maximum Gasteiger partial charge on any atom is 0.333 e. The van der Waals surface area contributed by atoms with Crippen molar-refractivity contribution >= 4 is 278 Å². The second-order valence-corrected chi connectivity index (χ2v) is 60.7. The van der Waals surface area contributed by atoms with Crippen LogP contribution in [0.5, 0.6) is 0 Å². The first-order chi connectivity index (χ1) is 53.4. The molecular weight excluding hydrogens is 1940 g/mol. The second kappa shape index (κ2) is 60.3. The summed E-state index contributed by atoms with van der Waals surface area (Å²) in [6.07, 6.45) is 25.4. The number of hydrogen-bond acceptors (Lipinski definition) is 30. The van der Waals surface area contributed by atoms with Crippen molar-refractivity contribution in [2.75, 3.05) is 30.5 Å². The number of rotatable bonds is 12. The number of aliphatic hydroxyl groups is 5. The Kier molecular flexibility index (Phi) is 56.0. The Morgan fingerprint density at radius 3 is 1.14 bits per heavy atom. The Labute approximate surface area is 724 Å². The van der Waals surface area contributed by atoms with Crippen LogP contribution in [0.25, 0.3) is 33.5 Å². The molecule has 6 aliphatic carbocycles. The fraction of sp³-hybridized carbons (Fsp3) is 0.667. The predicted octanol–water partition coefficient (Wildman–Crippen LogP) is 3.54. The van der Waals surface area contributed by atoms with Crippen LogP contribution in [-0.2, 0) is 215 Å². The van der Waals surface area contributed by atoms with Crippen LogP contribution in [-0.4, -0.2) is 174 Å². The van der Waals surface area contributed by atoms with E-state index in [2.05, 4.69) is 109 Å². The predicted molar refractivity (Wildman–Crippen MR) is 495 cm³/mol. The summed E-state index contributed by atoms with van der Waals surface area (Å²) in [5.41, 5.74) is 9.12. The molecule has 6 aromatic heterocycles. The van der Waals surface area contributed by atoms with E-state index in [9.17, 15) is 37.3 Å². The largest absolute Gasteiger partial charge is 0.396 e. The normalized spacial score (nSPS) is 20.4. The Balaban J connectivity index is 0.000000468. The van der Waals surface area contributed by atoms with E-state index in [1.807, 2.05) is 0 Å².